The Morgan fingerprint density at radius 2 is 1.00 bits per heavy atom. The lowest BCUT2D eigenvalue weighted by atomic mass is 10.4. The van der Waals surface area contributed by atoms with Crippen molar-refractivity contribution in [2.75, 3.05) is 18.5 Å². The van der Waals surface area contributed by atoms with E-state index in [0.717, 1.165) is 18.5 Å². The van der Waals surface area contributed by atoms with Crippen LogP contribution in [0.15, 0.2) is 0 Å². The predicted molar refractivity (Wildman–Crippen MR) is 86.5 cm³/mol. The molecular weight excluding hydrogens is 293 g/mol. The fraction of sp³-hybridized carbons (Fsp3) is 1.00. The maximum absolute atomic E-state index is 6.34. The second-order valence-corrected chi connectivity index (χ2v) is 12.2. The molecule has 0 saturated heterocycles. The molecule has 0 aliphatic rings. The first-order valence-electron chi connectivity index (χ1n) is 6.86. The number of hydrogen-bond acceptors (Lipinski definition) is 0. The van der Waals surface area contributed by atoms with Crippen molar-refractivity contribution in [2.45, 2.75) is 62.8 Å². The molecule has 0 aromatic carbocycles. The Hall–Kier alpha value is 1.30. The van der Waals surface area contributed by atoms with Crippen LogP contribution in [0.25, 0.3) is 0 Å². The second kappa shape index (κ2) is 9.24. The van der Waals surface area contributed by atoms with Gasteiger partial charge in [-0.15, -0.1) is 0 Å². The summed E-state index contributed by atoms with van der Waals surface area (Å²) in [6.07, 6.45) is 10.7. The average Bonchev–Trinajstić information content (AvgIpc) is 2.27. The van der Waals surface area contributed by atoms with E-state index in [1.165, 1.54) is 38.5 Å². The summed E-state index contributed by atoms with van der Waals surface area (Å²) in [4.78, 5) is 0. The minimum atomic E-state index is -1.43. The lowest BCUT2D eigenvalue weighted by Crippen LogP contribution is -2.21. The minimum Gasteiger partial charge on any atom is -0.0652 e. The summed E-state index contributed by atoms with van der Waals surface area (Å²) in [5.41, 5.74) is 0. The van der Waals surface area contributed by atoms with Crippen molar-refractivity contribution < 1.29 is 0 Å². The Morgan fingerprint density at radius 1 is 0.706 bits per heavy atom. The molecule has 0 nitrogen and oxygen atoms in total. The van der Waals surface area contributed by atoms with Crippen molar-refractivity contribution in [2.24, 2.45) is 0 Å². The van der Waals surface area contributed by atoms with Gasteiger partial charge >= 0.3 is 0 Å². The van der Waals surface area contributed by atoms with Crippen LogP contribution in [0.2, 0.25) is 0 Å². The van der Waals surface area contributed by atoms with Gasteiger partial charge in [0.1, 0.15) is 0 Å². The molecule has 0 radical (unpaired) electrons. The van der Waals surface area contributed by atoms with E-state index in [0.29, 0.717) is 0 Å². The zero-order valence-corrected chi connectivity index (χ0v) is 14.6. The van der Waals surface area contributed by atoms with Crippen LogP contribution < -0.4 is 0 Å². The first-order valence-corrected chi connectivity index (χ1v) is 10.3. The normalized spacial score (nSPS) is 13.1. The zero-order chi connectivity index (χ0) is 13.4. The molecule has 0 aromatic heterocycles. The number of halogens is 3. The van der Waals surface area contributed by atoms with Crippen molar-refractivity contribution in [1.82, 2.24) is 0 Å². The highest BCUT2D eigenvalue weighted by Gasteiger charge is 2.53. The fourth-order valence-corrected chi connectivity index (χ4v) is 8.58. The van der Waals surface area contributed by atoms with Crippen LogP contribution in [0.3, 0.4) is 0 Å². The lowest BCUT2D eigenvalue weighted by molar-refractivity contribution is 0.833. The third-order valence-corrected chi connectivity index (χ3v) is 11.2. The number of unbranched alkanes of at least 4 members (excludes halogenated alkanes) is 3. The molecule has 0 unspecified atom stereocenters. The molecule has 0 heterocycles. The highest BCUT2D eigenvalue weighted by molar-refractivity contribution is 7.82. The molecular formula is C13H27Cl3P+. The van der Waals surface area contributed by atoms with Crippen LogP contribution in [0.5, 0.6) is 0 Å². The van der Waals surface area contributed by atoms with Crippen LogP contribution in [-0.2, 0) is 0 Å². The molecule has 0 rings (SSSR count). The van der Waals surface area contributed by atoms with Crippen molar-refractivity contribution in [3.8, 4) is 0 Å². The maximum Gasteiger partial charge on any atom is 0.299 e. The Balaban J connectivity index is 4.78. The van der Waals surface area contributed by atoms with Gasteiger partial charge in [-0.3, -0.25) is 0 Å². The van der Waals surface area contributed by atoms with E-state index < -0.39 is 10.8 Å². The molecule has 0 N–H and O–H groups in total. The molecule has 0 amide bonds. The van der Waals surface area contributed by atoms with Crippen molar-refractivity contribution >= 4 is 42.1 Å². The van der Waals surface area contributed by atoms with Gasteiger partial charge in [-0.2, -0.15) is 0 Å². The van der Waals surface area contributed by atoms with Gasteiger partial charge in [0.15, 0.2) is 0 Å². The van der Waals surface area contributed by atoms with E-state index in [1.807, 2.05) is 0 Å². The summed E-state index contributed by atoms with van der Waals surface area (Å²) in [5.74, 6) is 0. The van der Waals surface area contributed by atoms with Crippen molar-refractivity contribution in [1.29, 1.82) is 0 Å². The van der Waals surface area contributed by atoms with Gasteiger partial charge in [0.25, 0.3) is 3.53 Å². The van der Waals surface area contributed by atoms with Crippen LogP contribution in [0.4, 0.5) is 0 Å². The topological polar surface area (TPSA) is 0 Å². The Labute approximate surface area is 123 Å². The monoisotopic (exact) mass is 319 g/mol. The highest BCUT2D eigenvalue weighted by atomic mass is 35.6. The SMILES string of the molecule is CCCC[P+](CCCC)(CCCC)C(Cl)(Cl)Cl. The van der Waals surface area contributed by atoms with E-state index in [-0.39, 0.29) is 0 Å². The second-order valence-electron chi connectivity index (χ2n) is 4.84. The quantitative estimate of drug-likeness (QED) is 0.326. The smallest absolute Gasteiger partial charge is 0.0652 e. The molecule has 104 valence electrons. The molecule has 0 fully saturated rings. The van der Waals surface area contributed by atoms with Gasteiger partial charge in [-0.1, -0.05) is 40.0 Å². The summed E-state index contributed by atoms with van der Waals surface area (Å²) >= 11 is 19.0. The van der Waals surface area contributed by atoms with Crippen molar-refractivity contribution in [3.63, 3.8) is 0 Å². The van der Waals surface area contributed by atoms with Gasteiger partial charge in [-0.05, 0) is 54.1 Å². The Kier molecular flexibility index (Phi) is 9.95. The van der Waals surface area contributed by atoms with Crippen LogP contribution >= 0.6 is 42.1 Å². The summed E-state index contributed by atoms with van der Waals surface area (Å²) in [7, 11) is -1.43. The van der Waals surface area contributed by atoms with Gasteiger partial charge in [0.05, 0.1) is 25.7 Å². The first kappa shape index (κ1) is 18.3. The Bertz CT molecular complexity index is 168. The van der Waals surface area contributed by atoms with E-state index >= 15 is 0 Å². The van der Waals surface area contributed by atoms with Crippen LogP contribution in [-0.4, -0.2) is 22.0 Å². The van der Waals surface area contributed by atoms with Gasteiger partial charge in [-0.25, -0.2) is 0 Å². The van der Waals surface area contributed by atoms with Crippen LogP contribution in [0.1, 0.15) is 59.3 Å². The Morgan fingerprint density at radius 3 is 1.18 bits per heavy atom. The third kappa shape index (κ3) is 6.33. The molecule has 0 spiro atoms. The summed E-state index contributed by atoms with van der Waals surface area (Å²) in [6.45, 7) is 6.64. The lowest BCUT2D eigenvalue weighted by Gasteiger charge is -2.33. The van der Waals surface area contributed by atoms with E-state index in [2.05, 4.69) is 20.8 Å². The van der Waals surface area contributed by atoms with E-state index in [9.17, 15) is 0 Å². The third-order valence-electron chi connectivity index (χ3n) is 3.36. The van der Waals surface area contributed by atoms with Gasteiger partial charge in [0, 0.05) is 0 Å². The van der Waals surface area contributed by atoms with Crippen molar-refractivity contribution in [3.05, 3.63) is 0 Å². The molecule has 4 heteroatoms. The number of hydrogen-bond donors (Lipinski definition) is 0. The molecule has 0 bridgehead atoms. The number of rotatable bonds is 9. The first-order chi connectivity index (χ1) is 7.93. The van der Waals surface area contributed by atoms with Gasteiger partial charge in [0.2, 0.25) is 0 Å². The van der Waals surface area contributed by atoms with Gasteiger partial charge < -0.3 is 0 Å². The predicted octanol–water partition coefficient (Wildman–Crippen LogP) is 6.73. The molecule has 17 heavy (non-hydrogen) atoms. The molecule has 0 aromatic rings. The van der Waals surface area contributed by atoms with E-state index in [1.54, 1.807) is 0 Å². The summed E-state index contributed by atoms with van der Waals surface area (Å²) in [5, 5.41) is 0. The minimum absolute atomic E-state index is 1.01. The number of alkyl halides is 3. The highest BCUT2D eigenvalue weighted by Crippen LogP contribution is 2.75. The largest absolute Gasteiger partial charge is 0.299 e. The molecule has 0 saturated carbocycles. The summed E-state index contributed by atoms with van der Waals surface area (Å²) in [6, 6.07) is 0. The fourth-order valence-electron chi connectivity index (χ4n) is 2.10. The summed E-state index contributed by atoms with van der Waals surface area (Å²) < 4.78 is -1.01. The maximum atomic E-state index is 6.34. The molecule has 0 atom stereocenters. The zero-order valence-electron chi connectivity index (χ0n) is 11.4. The average molecular weight is 321 g/mol. The standard InChI is InChI=1S/C13H27Cl3P/c1-4-7-10-17(11-8-5-2,12-9-6-3)13(14,15)16/h4-12H2,1-3H3/q+1. The van der Waals surface area contributed by atoms with Crippen LogP contribution in [0, 0.1) is 0 Å². The molecule has 0 aliphatic heterocycles. The van der Waals surface area contributed by atoms with E-state index in [4.69, 9.17) is 34.8 Å². The molecule has 0 aliphatic carbocycles.